The molecule has 1 aromatic rings. The minimum Gasteiger partial charge on any atom is -0.349 e. The molecule has 2 unspecified atom stereocenters. The summed E-state index contributed by atoms with van der Waals surface area (Å²) in [6.07, 6.45) is 3.19. The number of carbonyl (C=O) groups excluding carboxylic acids is 1. The normalized spacial score (nSPS) is 26.9. The van der Waals surface area contributed by atoms with Crippen molar-refractivity contribution in [1.29, 1.82) is 0 Å². The molecule has 2 nitrogen and oxygen atoms in total. The van der Waals surface area contributed by atoms with Crippen LogP contribution in [0, 0.1) is 5.92 Å². The fraction of sp³-hybridized carbons (Fsp3) is 0.462. The van der Waals surface area contributed by atoms with E-state index in [1.54, 1.807) is 0 Å². The van der Waals surface area contributed by atoms with Gasteiger partial charge in [0.05, 0.1) is 6.04 Å². The highest BCUT2D eigenvalue weighted by Gasteiger charge is 2.22. The number of hydrogen-bond acceptors (Lipinski definition) is 1. The Labute approximate surface area is 90.7 Å². The Kier molecular flexibility index (Phi) is 3.05. The molecule has 1 N–H and O–H groups in total. The maximum absolute atomic E-state index is 11.7. The van der Waals surface area contributed by atoms with Crippen molar-refractivity contribution < 1.29 is 4.79 Å². The highest BCUT2D eigenvalue weighted by Crippen LogP contribution is 2.24. The molecule has 1 aromatic carbocycles. The van der Waals surface area contributed by atoms with Gasteiger partial charge in [-0.1, -0.05) is 43.7 Å². The first-order valence-corrected chi connectivity index (χ1v) is 5.62. The van der Waals surface area contributed by atoms with Crippen LogP contribution < -0.4 is 5.32 Å². The Morgan fingerprint density at radius 1 is 1.20 bits per heavy atom. The van der Waals surface area contributed by atoms with Gasteiger partial charge in [0.2, 0.25) is 5.91 Å². The predicted molar refractivity (Wildman–Crippen MR) is 60.3 cm³/mol. The zero-order valence-electron chi connectivity index (χ0n) is 9.07. The summed E-state index contributed by atoms with van der Waals surface area (Å²) in [6, 6.07) is 10.4. The number of rotatable bonds is 1. The predicted octanol–water partition coefficient (Wildman–Crippen LogP) is 2.66. The van der Waals surface area contributed by atoms with E-state index < -0.39 is 0 Å². The Hall–Kier alpha value is -1.31. The van der Waals surface area contributed by atoms with Crippen molar-refractivity contribution in [2.45, 2.75) is 32.2 Å². The van der Waals surface area contributed by atoms with Crippen LogP contribution in [0.15, 0.2) is 30.3 Å². The summed E-state index contributed by atoms with van der Waals surface area (Å²) >= 11 is 0. The van der Waals surface area contributed by atoms with Gasteiger partial charge in [0, 0.05) is 5.92 Å². The molecule has 0 spiro atoms. The number of hydrogen-bond donors (Lipinski definition) is 1. The molecule has 1 fully saturated rings. The maximum atomic E-state index is 11.7. The summed E-state index contributed by atoms with van der Waals surface area (Å²) < 4.78 is 0. The van der Waals surface area contributed by atoms with Gasteiger partial charge in [0.15, 0.2) is 0 Å². The molecule has 1 heterocycles. The van der Waals surface area contributed by atoms with E-state index in [-0.39, 0.29) is 17.9 Å². The Morgan fingerprint density at radius 3 is 2.67 bits per heavy atom. The first-order chi connectivity index (χ1) is 7.27. The second-order valence-electron chi connectivity index (χ2n) is 4.30. The molecule has 15 heavy (non-hydrogen) atoms. The molecule has 2 atom stereocenters. The van der Waals surface area contributed by atoms with Crippen LogP contribution in [0.4, 0.5) is 0 Å². The molecular formula is C13H17NO. The van der Waals surface area contributed by atoms with Crippen molar-refractivity contribution in [3.63, 3.8) is 0 Å². The number of carbonyl (C=O) groups is 1. The molecule has 2 heteroatoms. The lowest BCUT2D eigenvalue weighted by Gasteiger charge is -2.16. The standard InChI is InChI=1S/C13H17NO/c1-10-6-5-9-12(14-13(10)15)11-7-3-2-4-8-11/h2-4,7-8,10,12H,5-6,9H2,1H3,(H,14,15). The third-order valence-corrected chi connectivity index (χ3v) is 3.10. The van der Waals surface area contributed by atoms with E-state index in [9.17, 15) is 4.79 Å². The van der Waals surface area contributed by atoms with Gasteiger partial charge in [-0.05, 0) is 18.4 Å². The zero-order chi connectivity index (χ0) is 10.7. The Balaban J connectivity index is 2.13. The summed E-state index contributed by atoms with van der Waals surface area (Å²) in [5.41, 5.74) is 1.22. The molecule has 0 radical (unpaired) electrons. The molecule has 80 valence electrons. The molecule has 0 aromatic heterocycles. The van der Waals surface area contributed by atoms with Crippen molar-refractivity contribution in [3.8, 4) is 0 Å². The van der Waals surface area contributed by atoms with E-state index >= 15 is 0 Å². The third-order valence-electron chi connectivity index (χ3n) is 3.10. The van der Waals surface area contributed by atoms with Gasteiger partial charge in [0.1, 0.15) is 0 Å². The van der Waals surface area contributed by atoms with Crippen molar-refractivity contribution in [2.24, 2.45) is 5.92 Å². The van der Waals surface area contributed by atoms with Crippen LogP contribution in [0.3, 0.4) is 0 Å². The molecule has 1 amide bonds. The molecule has 0 saturated carbocycles. The lowest BCUT2D eigenvalue weighted by Crippen LogP contribution is -2.30. The van der Waals surface area contributed by atoms with Crippen LogP contribution in [0.25, 0.3) is 0 Å². The van der Waals surface area contributed by atoms with Crippen LogP contribution >= 0.6 is 0 Å². The number of nitrogens with one attached hydrogen (secondary N) is 1. The second kappa shape index (κ2) is 4.47. The second-order valence-corrected chi connectivity index (χ2v) is 4.30. The van der Waals surface area contributed by atoms with Crippen LogP contribution in [0.5, 0.6) is 0 Å². The maximum Gasteiger partial charge on any atom is 0.223 e. The topological polar surface area (TPSA) is 29.1 Å². The van der Waals surface area contributed by atoms with Crippen molar-refractivity contribution in [3.05, 3.63) is 35.9 Å². The van der Waals surface area contributed by atoms with Gasteiger partial charge in [-0.3, -0.25) is 4.79 Å². The minimum absolute atomic E-state index is 0.165. The van der Waals surface area contributed by atoms with E-state index in [0.29, 0.717) is 0 Å². The van der Waals surface area contributed by atoms with Crippen molar-refractivity contribution in [2.75, 3.05) is 0 Å². The largest absolute Gasteiger partial charge is 0.349 e. The van der Waals surface area contributed by atoms with E-state index in [4.69, 9.17) is 0 Å². The van der Waals surface area contributed by atoms with E-state index in [1.807, 2.05) is 25.1 Å². The molecule has 2 rings (SSSR count). The van der Waals surface area contributed by atoms with E-state index in [0.717, 1.165) is 19.3 Å². The number of benzene rings is 1. The number of amides is 1. The molecular weight excluding hydrogens is 186 g/mol. The summed E-state index contributed by atoms with van der Waals surface area (Å²) in [7, 11) is 0. The first kappa shape index (κ1) is 10.2. The van der Waals surface area contributed by atoms with E-state index in [2.05, 4.69) is 17.4 Å². The lowest BCUT2D eigenvalue weighted by molar-refractivity contribution is -0.124. The van der Waals surface area contributed by atoms with E-state index in [1.165, 1.54) is 5.56 Å². The fourth-order valence-corrected chi connectivity index (χ4v) is 2.08. The summed E-state index contributed by atoms with van der Waals surface area (Å²) in [5, 5.41) is 3.11. The van der Waals surface area contributed by atoms with Gasteiger partial charge in [0.25, 0.3) is 0 Å². The quantitative estimate of drug-likeness (QED) is 0.747. The highest BCUT2D eigenvalue weighted by atomic mass is 16.1. The van der Waals surface area contributed by atoms with Crippen LogP contribution in [-0.4, -0.2) is 5.91 Å². The van der Waals surface area contributed by atoms with Gasteiger partial charge in [-0.25, -0.2) is 0 Å². The average Bonchev–Trinajstić information content (AvgIpc) is 2.43. The van der Waals surface area contributed by atoms with Gasteiger partial charge in [-0.15, -0.1) is 0 Å². The molecule has 1 aliphatic rings. The van der Waals surface area contributed by atoms with Gasteiger partial charge < -0.3 is 5.32 Å². The van der Waals surface area contributed by atoms with Crippen LogP contribution in [0.2, 0.25) is 0 Å². The minimum atomic E-state index is 0.165. The van der Waals surface area contributed by atoms with Gasteiger partial charge in [-0.2, -0.15) is 0 Å². The average molecular weight is 203 g/mol. The van der Waals surface area contributed by atoms with Crippen LogP contribution in [0.1, 0.15) is 37.8 Å². The highest BCUT2D eigenvalue weighted by molar-refractivity contribution is 5.79. The summed E-state index contributed by atoms with van der Waals surface area (Å²) in [5.74, 6) is 0.361. The fourth-order valence-electron chi connectivity index (χ4n) is 2.08. The third kappa shape index (κ3) is 2.38. The Bertz CT molecular complexity index is 334. The van der Waals surface area contributed by atoms with Crippen LogP contribution in [-0.2, 0) is 4.79 Å². The monoisotopic (exact) mass is 203 g/mol. The smallest absolute Gasteiger partial charge is 0.223 e. The zero-order valence-corrected chi connectivity index (χ0v) is 9.07. The van der Waals surface area contributed by atoms with Crippen molar-refractivity contribution in [1.82, 2.24) is 5.32 Å². The first-order valence-electron chi connectivity index (χ1n) is 5.62. The molecule has 1 aliphatic heterocycles. The molecule has 1 saturated heterocycles. The molecule has 0 bridgehead atoms. The van der Waals surface area contributed by atoms with Crippen molar-refractivity contribution >= 4 is 5.91 Å². The summed E-state index contributed by atoms with van der Waals surface area (Å²) in [4.78, 5) is 11.7. The summed E-state index contributed by atoms with van der Waals surface area (Å²) in [6.45, 7) is 2.00. The van der Waals surface area contributed by atoms with Gasteiger partial charge >= 0.3 is 0 Å². The molecule has 0 aliphatic carbocycles. The lowest BCUT2D eigenvalue weighted by atomic mass is 10.0. The SMILES string of the molecule is CC1CCCC(c2ccccc2)NC1=O. The Morgan fingerprint density at radius 2 is 1.93 bits per heavy atom.